The molecule has 0 aliphatic heterocycles. The Morgan fingerprint density at radius 3 is 2.27 bits per heavy atom. The highest BCUT2D eigenvalue weighted by Crippen LogP contribution is 2.34. The van der Waals surface area contributed by atoms with Crippen molar-refractivity contribution in [3.8, 4) is 0 Å². The molecule has 0 radical (unpaired) electrons. The van der Waals surface area contributed by atoms with Gasteiger partial charge < -0.3 is 5.32 Å². The van der Waals surface area contributed by atoms with E-state index in [-0.39, 0.29) is 0 Å². The number of hydrogen-bond acceptors (Lipinski definition) is 4. The van der Waals surface area contributed by atoms with Crippen LogP contribution in [-0.4, -0.2) is 10.2 Å². The zero-order valence-electron chi connectivity index (χ0n) is 7.17. The molecule has 7 heteroatoms. The third-order valence-corrected chi connectivity index (χ3v) is 4.19. The normalized spacial score (nSPS) is 10.3. The molecular formula is C8H4Br3N3S. The van der Waals surface area contributed by atoms with Gasteiger partial charge in [0.2, 0.25) is 5.13 Å². The van der Waals surface area contributed by atoms with Crippen molar-refractivity contribution in [2.75, 3.05) is 5.32 Å². The maximum absolute atomic E-state index is 3.96. The highest BCUT2D eigenvalue weighted by atomic mass is 79.9. The average molecular weight is 414 g/mol. The quantitative estimate of drug-likeness (QED) is 0.783. The van der Waals surface area contributed by atoms with Gasteiger partial charge in [0.05, 0.1) is 5.69 Å². The highest BCUT2D eigenvalue weighted by molar-refractivity contribution is 9.11. The van der Waals surface area contributed by atoms with Crippen LogP contribution < -0.4 is 5.32 Å². The summed E-state index contributed by atoms with van der Waals surface area (Å²) in [6.45, 7) is 0. The predicted octanol–water partition coefficient (Wildman–Crippen LogP) is 4.57. The fourth-order valence-electron chi connectivity index (χ4n) is 0.980. The van der Waals surface area contributed by atoms with E-state index >= 15 is 0 Å². The molecule has 0 spiro atoms. The summed E-state index contributed by atoms with van der Waals surface area (Å²) < 4.78 is 2.71. The van der Waals surface area contributed by atoms with Gasteiger partial charge in [0.15, 0.2) is 3.92 Å². The lowest BCUT2D eigenvalue weighted by Gasteiger charge is -2.06. The Labute approximate surface area is 116 Å². The van der Waals surface area contributed by atoms with Crippen LogP contribution in [0.4, 0.5) is 10.8 Å². The SMILES string of the molecule is Brc1nnc(Nc2c(Br)cccc2Br)s1. The molecule has 2 rings (SSSR count). The molecule has 1 N–H and O–H groups in total. The fraction of sp³-hybridized carbons (Fsp3) is 0. The zero-order chi connectivity index (χ0) is 10.8. The molecule has 0 atom stereocenters. The number of anilines is 2. The number of benzene rings is 1. The molecule has 1 heterocycles. The van der Waals surface area contributed by atoms with Crippen molar-refractivity contribution in [3.63, 3.8) is 0 Å². The third-order valence-electron chi connectivity index (χ3n) is 1.60. The van der Waals surface area contributed by atoms with E-state index in [1.54, 1.807) is 0 Å². The molecule has 3 nitrogen and oxygen atoms in total. The number of rotatable bonds is 2. The molecule has 78 valence electrons. The summed E-state index contributed by atoms with van der Waals surface area (Å²) in [6, 6.07) is 5.88. The Bertz CT molecular complexity index is 465. The van der Waals surface area contributed by atoms with E-state index < -0.39 is 0 Å². The minimum absolute atomic E-state index is 0.745. The molecule has 0 fully saturated rings. The van der Waals surface area contributed by atoms with Crippen LogP contribution in [0.1, 0.15) is 0 Å². The largest absolute Gasteiger partial charge is 0.328 e. The maximum atomic E-state index is 3.96. The summed E-state index contributed by atoms with van der Waals surface area (Å²) in [7, 11) is 0. The molecule has 0 amide bonds. The molecule has 0 aliphatic rings. The molecule has 0 unspecified atom stereocenters. The van der Waals surface area contributed by atoms with Gasteiger partial charge in [0.1, 0.15) is 0 Å². The van der Waals surface area contributed by atoms with Crippen molar-refractivity contribution >= 4 is 69.9 Å². The topological polar surface area (TPSA) is 37.8 Å². The molecule has 0 saturated carbocycles. The number of nitrogens with zero attached hydrogens (tertiary/aromatic N) is 2. The van der Waals surface area contributed by atoms with Gasteiger partial charge in [-0.3, -0.25) is 0 Å². The van der Waals surface area contributed by atoms with E-state index in [1.807, 2.05) is 18.2 Å². The summed E-state index contributed by atoms with van der Waals surface area (Å²) in [5.41, 5.74) is 0.946. The Hall–Kier alpha value is 0.0200. The van der Waals surface area contributed by atoms with Crippen LogP contribution in [0.5, 0.6) is 0 Å². The standard InChI is InChI=1S/C8H4Br3N3S/c9-4-2-1-3-5(10)6(4)12-8-14-13-7(11)15-8/h1-3H,(H,12,14). The number of para-hydroxylation sites is 1. The van der Waals surface area contributed by atoms with Gasteiger partial charge in [0.25, 0.3) is 0 Å². The lowest BCUT2D eigenvalue weighted by Crippen LogP contribution is -1.91. The molecule has 0 saturated heterocycles. The van der Waals surface area contributed by atoms with Crippen LogP contribution in [-0.2, 0) is 0 Å². The van der Waals surface area contributed by atoms with Gasteiger partial charge >= 0.3 is 0 Å². The lowest BCUT2D eigenvalue weighted by molar-refractivity contribution is 1.07. The molecule has 0 aliphatic carbocycles. The lowest BCUT2D eigenvalue weighted by atomic mass is 10.3. The Balaban J connectivity index is 2.31. The summed E-state index contributed by atoms with van der Waals surface area (Å²) >= 11 is 11.6. The number of nitrogens with one attached hydrogen (secondary N) is 1. The fourth-order valence-corrected chi connectivity index (χ4v) is 3.19. The molecule has 1 aromatic carbocycles. The number of halogens is 3. The molecular weight excluding hydrogens is 410 g/mol. The monoisotopic (exact) mass is 411 g/mol. The maximum Gasteiger partial charge on any atom is 0.210 e. The molecule has 15 heavy (non-hydrogen) atoms. The van der Waals surface area contributed by atoms with Crippen molar-refractivity contribution in [2.45, 2.75) is 0 Å². The van der Waals surface area contributed by atoms with Crippen LogP contribution in [0.3, 0.4) is 0 Å². The van der Waals surface area contributed by atoms with E-state index in [0.717, 1.165) is 23.7 Å². The van der Waals surface area contributed by atoms with Gasteiger partial charge in [-0.1, -0.05) is 17.4 Å². The Morgan fingerprint density at radius 2 is 1.73 bits per heavy atom. The van der Waals surface area contributed by atoms with E-state index in [0.29, 0.717) is 0 Å². The van der Waals surface area contributed by atoms with Crippen molar-refractivity contribution < 1.29 is 0 Å². The number of hydrogen-bond donors (Lipinski definition) is 1. The van der Waals surface area contributed by atoms with E-state index in [2.05, 4.69) is 63.3 Å². The summed E-state index contributed by atoms with van der Waals surface area (Å²) in [4.78, 5) is 0. The van der Waals surface area contributed by atoms with Gasteiger partial charge in [-0.05, 0) is 59.9 Å². The van der Waals surface area contributed by atoms with Crippen molar-refractivity contribution in [2.24, 2.45) is 0 Å². The van der Waals surface area contributed by atoms with Crippen LogP contribution in [0.25, 0.3) is 0 Å². The Kier molecular flexibility index (Phi) is 3.76. The van der Waals surface area contributed by atoms with E-state index in [1.165, 1.54) is 11.3 Å². The van der Waals surface area contributed by atoms with Gasteiger partial charge in [-0.2, -0.15) is 0 Å². The average Bonchev–Trinajstić information content (AvgIpc) is 2.58. The van der Waals surface area contributed by atoms with Crippen LogP contribution in [0.15, 0.2) is 31.1 Å². The first kappa shape index (κ1) is 11.5. The number of aromatic nitrogens is 2. The molecule has 2 aromatic rings. The first-order valence-corrected chi connectivity index (χ1v) is 7.06. The van der Waals surface area contributed by atoms with Gasteiger partial charge in [-0.15, -0.1) is 10.2 Å². The van der Waals surface area contributed by atoms with E-state index in [4.69, 9.17) is 0 Å². The first-order chi connectivity index (χ1) is 7.16. The predicted molar refractivity (Wildman–Crippen MR) is 72.7 cm³/mol. The van der Waals surface area contributed by atoms with Crippen molar-refractivity contribution in [1.82, 2.24) is 10.2 Å². The Morgan fingerprint density at radius 1 is 1.07 bits per heavy atom. The third kappa shape index (κ3) is 2.77. The first-order valence-electron chi connectivity index (χ1n) is 3.87. The zero-order valence-corrected chi connectivity index (χ0v) is 12.7. The minimum Gasteiger partial charge on any atom is -0.328 e. The molecule has 1 aromatic heterocycles. The minimum atomic E-state index is 0.745. The summed E-state index contributed by atoms with van der Waals surface area (Å²) in [5.74, 6) is 0. The van der Waals surface area contributed by atoms with Crippen LogP contribution in [0, 0.1) is 0 Å². The van der Waals surface area contributed by atoms with Crippen molar-refractivity contribution in [1.29, 1.82) is 0 Å². The van der Waals surface area contributed by atoms with Crippen molar-refractivity contribution in [3.05, 3.63) is 31.1 Å². The van der Waals surface area contributed by atoms with Gasteiger partial charge in [-0.25, -0.2) is 0 Å². The summed E-state index contributed by atoms with van der Waals surface area (Å²) in [6.07, 6.45) is 0. The molecule has 0 bridgehead atoms. The second kappa shape index (κ2) is 4.90. The van der Waals surface area contributed by atoms with Crippen LogP contribution >= 0.6 is 59.1 Å². The smallest absolute Gasteiger partial charge is 0.210 e. The van der Waals surface area contributed by atoms with Crippen LogP contribution in [0.2, 0.25) is 0 Å². The second-order valence-corrected chi connectivity index (χ2v) is 6.54. The van der Waals surface area contributed by atoms with E-state index in [9.17, 15) is 0 Å². The second-order valence-electron chi connectivity index (χ2n) is 2.58. The highest BCUT2D eigenvalue weighted by Gasteiger charge is 2.07. The van der Waals surface area contributed by atoms with Gasteiger partial charge in [0, 0.05) is 8.95 Å². The summed E-state index contributed by atoms with van der Waals surface area (Å²) in [5, 5.41) is 11.8.